The smallest absolute Gasteiger partial charge is 0.0272 e. The standard InChI is InChI=1S/C6H11N/c1-3-7-5-4-6(7)2/h3,6H,1,4-5H2,2H3. The largest absolute Gasteiger partial charge is 0.375 e. The van der Waals surface area contributed by atoms with Gasteiger partial charge >= 0.3 is 0 Å². The van der Waals surface area contributed by atoms with Crippen LogP contribution in [-0.2, 0) is 0 Å². The molecule has 1 heteroatoms. The van der Waals surface area contributed by atoms with Crippen LogP contribution in [0.5, 0.6) is 0 Å². The van der Waals surface area contributed by atoms with Crippen molar-refractivity contribution in [1.29, 1.82) is 0 Å². The second-order valence-electron chi connectivity index (χ2n) is 2.06. The summed E-state index contributed by atoms with van der Waals surface area (Å²) in [5.74, 6) is 0. The predicted molar refractivity (Wildman–Crippen MR) is 31.0 cm³/mol. The third-order valence-electron chi connectivity index (χ3n) is 1.61. The quantitative estimate of drug-likeness (QED) is 0.475. The van der Waals surface area contributed by atoms with Crippen LogP contribution in [0.15, 0.2) is 12.8 Å². The molecule has 1 fully saturated rings. The molecule has 1 heterocycles. The highest BCUT2D eigenvalue weighted by atomic mass is 15.2. The van der Waals surface area contributed by atoms with Crippen molar-refractivity contribution < 1.29 is 0 Å². The molecule has 1 aliphatic rings. The summed E-state index contributed by atoms with van der Waals surface area (Å²) in [4.78, 5) is 2.24. The molecule has 0 aliphatic carbocycles. The average molecular weight is 97.2 g/mol. The molecule has 0 radical (unpaired) electrons. The van der Waals surface area contributed by atoms with E-state index in [1.165, 1.54) is 13.0 Å². The Labute approximate surface area is 44.6 Å². The van der Waals surface area contributed by atoms with Crippen molar-refractivity contribution in [1.82, 2.24) is 4.90 Å². The van der Waals surface area contributed by atoms with Crippen LogP contribution < -0.4 is 0 Å². The highest BCUT2D eigenvalue weighted by molar-refractivity contribution is 4.85. The zero-order chi connectivity index (χ0) is 5.28. The van der Waals surface area contributed by atoms with Crippen LogP contribution in [0.25, 0.3) is 0 Å². The molecule has 1 nitrogen and oxygen atoms in total. The summed E-state index contributed by atoms with van der Waals surface area (Å²) in [5.41, 5.74) is 0. The lowest BCUT2D eigenvalue weighted by Gasteiger charge is -2.37. The Morgan fingerprint density at radius 1 is 1.86 bits per heavy atom. The van der Waals surface area contributed by atoms with E-state index in [0.717, 1.165) is 6.04 Å². The van der Waals surface area contributed by atoms with Crippen molar-refractivity contribution in [3.05, 3.63) is 12.8 Å². The minimum absolute atomic E-state index is 0.762. The molecule has 7 heavy (non-hydrogen) atoms. The second kappa shape index (κ2) is 1.57. The van der Waals surface area contributed by atoms with Gasteiger partial charge in [-0.25, -0.2) is 0 Å². The van der Waals surface area contributed by atoms with Crippen LogP contribution in [0.1, 0.15) is 13.3 Å². The molecule has 0 saturated carbocycles. The summed E-state index contributed by atoms with van der Waals surface area (Å²) in [5, 5.41) is 0. The van der Waals surface area contributed by atoms with Gasteiger partial charge in [0.05, 0.1) is 0 Å². The molecular weight excluding hydrogens is 86.1 g/mol. The molecule has 1 aliphatic heterocycles. The summed E-state index contributed by atoms with van der Waals surface area (Å²) in [6.07, 6.45) is 3.25. The normalized spacial score (nSPS) is 29.3. The summed E-state index contributed by atoms with van der Waals surface area (Å²) in [6.45, 7) is 7.09. The molecule has 0 bridgehead atoms. The van der Waals surface area contributed by atoms with Gasteiger partial charge in [0.25, 0.3) is 0 Å². The monoisotopic (exact) mass is 97.1 g/mol. The maximum atomic E-state index is 3.66. The summed E-state index contributed by atoms with van der Waals surface area (Å²) >= 11 is 0. The SMILES string of the molecule is C=CN1CCC1C. The van der Waals surface area contributed by atoms with Gasteiger partial charge in [-0.15, -0.1) is 0 Å². The van der Waals surface area contributed by atoms with Gasteiger partial charge in [-0.05, 0) is 19.5 Å². The third-order valence-corrected chi connectivity index (χ3v) is 1.61. The van der Waals surface area contributed by atoms with E-state index in [0.29, 0.717) is 0 Å². The van der Waals surface area contributed by atoms with Gasteiger partial charge < -0.3 is 4.90 Å². The van der Waals surface area contributed by atoms with Crippen molar-refractivity contribution in [3.63, 3.8) is 0 Å². The maximum Gasteiger partial charge on any atom is 0.0272 e. The summed E-state index contributed by atoms with van der Waals surface area (Å²) in [6, 6.07) is 0.762. The van der Waals surface area contributed by atoms with E-state index in [-0.39, 0.29) is 0 Å². The molecule has 1 unspecified atom stereocenters. The van der Waals surface area contributed by atoms with Crippen molar-refractivity contribution in [2.45, 2.75) is 19.4 Å². The van der Waals surface area contributed by atoms with Crippen LogP contribution in [0.2, 0.25) is 0 Å². The fourth-order valence-corrected chi connectivity index (χ4v) is 0.808. The molecule has 0 aromatic rings. The molecule has 40 valence electrons. The topological polar surface area (TPSA) is 3.24 Å². The fourth-order valence-electron chi connectivity index (χ4n) is 0.808. The van der Waals surface area contributed by atoms with E-state index in [4.69, 9.17) is 0 Å². The maximum absolute atomic E-state index is 3.66. The van der Waals surface area contributed by atoms with Crippen LogP contribution in [0.4, 0.5) is 0 Å². The minimum Gasteiger partial charge on any atom is -0.375 e. The average Bonchev–Trinajstić information content (AvgIpc) is 1.65. The van der Waals surface area contributed by atoms with Gasteiger partial charge in [-0.2, -0.15) is 0 Å². The van der Waals surface area contributed by atoms with Gasteiger partial charge in [0.15, 0.2) is 0 Å². The van der Waals surface area contributed by atoms with Gasteiger partial charge in [0.1, 0.15) is 0 Å². The molecule has 0 amide bonds. The molecular formula is C6H11N. The van der Waals surface area contributed by atoms with Crippen molar-refractivity contribution in [3.8, 4) is 0 Å². The first-order valence-electron chi connectivity index (χ1n) is 2.73. The first kappa shape index (κ1) is 4.69. The van der Waals surface area contributed by atoms with Crippen LogP contribution in [-0.4, -0.2) is 17.5 Å². The van der Waals surface area contributed by atoms with Gasteiger partial charge in [-0.3, -0.25) is 0 Å². The number of likely N-dealkylation sites (tertiary alicyclic amines) is 1. The molecule has 0 aromatic carbocycles. The summed E-state index contributed by atoms with van der Waals surface area (Å²) in [7, 11) is 0. The number of hydrogen-bond donors (Lipinski definition) is 0. The highest BCUT2D eigenvalue weighted by Gasteiger charge is 2.17. The Balaban J connectivity index is 2.28. The lowest BCUT2D eigenvalue weighted by Crippen LogP contribution is -2.40. The molecule has 1 rings (SSSR count). The van der Waals surface area contributed by atoms with Crippen LogP contribution in [0.3, 0.4) is 0 Å². The molecule has 0 aromatic heterocycles. The Kier molecular flexibility index (Phi) is 1.05. The van der Waals surface area contributed by atoms with E-state index < -0.39 is 0 Å². The highest BCUT2D eigenvalue weighted by Crippen LogP contribution is 2.14. The zero-order valence-electron chi connectivity index (χ0n) is 4.72. The van der Waals surface area contributed by atoms with E-state index in [1.807, 2.05) is 6.20 Å². The van der Waals surface area contributed by atoms with E-state index in [1.54, 1.807) is 0 Å². The first-order valence-corrected chi connectivity index (χ1v) is 2.73. The lowest BCUT2D eigenvalue weighted by molar-refractivity contribution is 0.173. The van der Waals surface area contributed by atoms with Crippen molar-refractivity contribution in [2.75, 3.05) is 6.54 Å². The van der Waals surface area contributed by atoms with Gasteiger partial charge in [0, 0.05) is 12.6 Å². The zero-order valence-corrected chi connectivity index (χ0v) is 4.72. The van der Waals surface area contributed by atoms with Crippen molar-refractivity contribution in [2.24, 2.45) is 0 Å². The minimum atomic E-state index is 0.762. The Bertz CT molecular complexity index is 78.2. The number of hydrogen-bond acceptors (Lipinski definition) is 1. The third kappa shape index (κ3) is 0.625. The number of nitrogens with zero attached hydrogens (tertiary/aromatic N) is 1. The Morgan fingerprint density at radius 2 is 2.57 bits per heavy atom. The lowest BCUT2D eigenvalue weighted by atomic mass is 10.1. The van der Waals surface area contributed by atoms with Gasteiger partial charge in [0.2, 0.25) is 0 Å². The molecule has 0 spiro atoms. The molecule has 0 N–H and O–H groups in total. The van der Waals surface area contributed by atoms with Crippen molar-refractivity contribution >= 4 is 0 Å². The predicted octanol–water partition coefficient (Wildman–Crippen LogP) is 1.22. The van der Waals surface area contributed by atoms with Crippen LogP contribution >= 0.6 is 0 Å². The Hall–Kier alpha value is -0.460. The Morgan fingerprint density at radius 3 is 2.57 bits per heavy atom. The van der Waals surface area contributed by atoms with E-state index in [2.05, 4.69) is 18.4 Å². The molecule has 1 atom stereocenters. The first-order chi connectivity index (χ1) is 3.34. The van der Waals surface area contributed by atoms with Gasteiger partial charge in [-0.1, -0.05) is 6.58 Å². The van der Waals surface area contributed by atoms with E-state index in [9.17, 15) is 0 Å². The van der Waals surface area contributed by atoms with E-state index >= 15 is 0 Å². The molecule has 1 saturated heterocycles. The second-order valence-corrected chi connectivity index (χ2v) is 2.06. The number of rotatable bonds is 1. The fraction of sp³-hybridized carbons (Fsp3) is 0.667. The summed E-state index contributed by atoms with van der Waals surface area (Å²) < 4.78 is 0. The van der Waals surface area contributed by atoms with Crippen LogP contribution in [0, 0.1) is 0 Å².